The molecule has 1 N–H and O–H groups in total. The Labute approximate surface area is 147 Å². The van der Waals surface area contributed by atoms with Crippen molar-refractivity contribution in [2.45, 2.75) is 20.8 Å². The zero-order chi connectivity index (χ0) is 17.4. The number of benzene rings is 1. The van der Waals surface area contributed by atoms with Crippen molar-refractivity contribution in [1.82, 2.24) is 9.55 Å². The van der Waals surface area contributed by atoms with E-state index in [1.54, 1.807) is 14.0 Å². The van der Waals surface area contributed by atoms with Gasteiger partial charge in [0.25, 0.3) is 5.91 Å². The predicted octanol–water partition coefficient (Wildman–Crippen LogP) is 3.75. The number of hydrogen-bond donors (Lipinski definition) is 1. The lowest BCUT2D eigenvalue weighted by molar-refractivity contribution is 0.102. The quantitative estimate of drug-likeness (QED) is 0.775. The fourth-order valence-electron chi connectivity index (χ4n) is 2.25. The highest BCUT2D eigenvalue weighted by Gasteiger charge is 2.17. The number of rotatable bonds is 3. The maximum absolute atomic E-state index is 12.4. The lowest BCUT2D eigenvalue weighted by Crippen LogP contribution is -2.12. The molecule has 0 saturated heterocycles. The van der Waals surface area contributed by atoms with Crippen LogP contribution in [0.4, 0.5) is 5.13 Å². The predicted molar refractivity (Wildman–Crippen MR) is 99.3 cm³/mol. The molecule has 0 spiro atoms. The Morgan fingerprint density at radius 2 is 1.96 bits per heavy atom. The minimum Gasteiger partial charge on any atom is -0.306 e. The summed E-state index contributed by atoms with van der Waals surface area (Å²) in [4.78, 5) is 28.8. The number of carbonyl (C=O) groups excluding carboxylic acids is 1. The summed E-state index contributed by atoms with van der Waals surface area (Å²) in [7, 11) is 1.66. The zero-order valence-electron chi connectivity index (χ0n) is 13.8. The molecule has 5 nitrogen and oxygen atoms in total. The second-order valence-corrected chi connectivity index (χ2v) is 7.45. The van der Waals surface area contributed by atoms with Crippen LogP contribution in [0, 0.1) is 20.8 Å². The highest BCUT2D eigenvalue weighted by molar-refractivity contribution is 7.14. The molecular weight excluding hydrogens is 342 g/mol. The second-order valence-electron chi connectivity index (χ2n) is 5.63. The van der Waals surface area contributed by atoms with Gasteiger partial charge in [0.2, 0.25) is 0 Å². The van der Waals surface area contributed by atoms with Crippen LogP contribution in [0.3, 0.4) is 0 Å². The Morgan fingerprint density at radius 3 is 2.58 bits per heavy atom. The number of aryl methyl sites for hydroxylation is 2. The Morgan fingerprint density at radius 1 is 1.21 bits per heavy atom. The molecule has 0 saturated carbocycles. The lowest BCUT2D eigenvalue weighted by atomic mass is 10.1. The van der Waals surface area contributed by atoms with Crippen molar-refractivity contribution in [3.8, 4) is 11.3 Å². The van der Waals surface area contributed by atoms with Crippen molar-refractivity contribution < 1.29 is 4.79 Å². The van der Waals surface area contributed by atoms with E-state index in [-0.39, 0.29) is 10.8 Å². The first-order valence-electron chi connectivity index (χ1n) is 7.37. The van der Waals surface area contributed by atoms with Crippen molar-refractivity contribution >= 4 is 33.7 Å². The number of aromatic nitrogens is 2. The van der Waals surface area contributed by atoms with Gasteiger partial charge in [0.1, 0.15) is 4.88 Å². The maximum atomic E-state index is 12.4. The van der Waals surface area contributed by atoms with E-state index in [1.807, 2.05) is 11.4 Å². The van der Waals surface area contributed by atoms with Gasteiger partial charge in [0.05, 0.1) is 5.69 Å². The summed E-state index contributed by atoms with van der Waals surface area (Å²) in [5, 5.41) is 5.22. The highest BCUT2D eigenvalue weighted by atomic mass is 32.1. The minimum atomic E-state index is -0.295. The summed E-state index contributed by atoms with van der Waals surface area (Å²) in [6.45, 7) is 5.89. The first-order chi connectivity index (χ1) is 11.4. The third-order valence-corrected chi connectivity index (χ3v) is 5.92. The van der Waals surface area contributed by atoms with Crippen molar-refractivity contribution in [3.63, 3.8) is 0 Å². The van der Waals surface area contributed by atoms with Gasteiger partial charge in [-0.25, -0.2) is 4.98 Å². The molecule has 3 aromatic rings. The molecule has 0 aliphatic heterocycles. The SMILES string of the molecule is Cc1ccc(-c2csc(NC(=O)c3sc(=O)n(C)c3C)n2)cc1C. The molecule has 3 rings (SSSR count). The van der Waals surface area contributed by atoms with E-state index in [0.717, 1.165) is 22.6 Å². The molecule has 0 atom stereocenters. The fraction of sp³-hybridized carbons (Fsp3) is 0.235. The normalized spacial score (nSPS) is 10.8. The summed E-state index contributed by atoms with van der Waals surface area (Å²) in [6.07, 6.45) is 0. The van der Waals surface area contributed by atoms with Crippen LogP contribution in [-0.2, 0) is 7.05 Å². The Kier molecular flexibility index (Phi) is 4.38. The third kappa shape index (κ3) is 3.05. The van der Waals surface area contributed by atoms with Gasteiger partial charge in [-0.05, 0) is 38.0 Å². The first kappa shape index (κ1) is 16.6. The number of nitrogens with zero attached hydrogens (tertiary/aromatic N) is 2. The van der Waals surface area contributed by atoms with E-state index in [1.165, 1.54) is 27.0 Å². The molecule has 0 unspecified atom stereocenters. The van der Waals surface area contributed by atoms with Gasteiger partial charge in [-0.15, -0.1) is 11.3 Å². The number of thiazole rings is 2. The molecule has 124 valence electrons. The van der Waals surface area contributed by atoms with E-state index in [4.69, 9.17) is 0 Å². The van der Waals surface area contributed by atoms with Crippen molar-refractivity contribution in [3.05, 3.63) is 54.9 Å². The molecule has 7 heteroatoms. The summed E-state index contributed by atoms with van der Waals surface area (Å²) in [6, 6.07) is 6.17. The molecule has 0 aliphatic rings. The van der Waals surface area contributed by atoms with Crippen molar-refractivity contribution in [2.24, 2.45) is 7.05 Å². The third-order valence-electron chi connectivity index (χ3n) is 4.03. The number of carbonyl (C=O) groups is 1. The van der Waals surface area contributed by atoms with Gasteiger partial charge >= 0.3 is 4.87 Å². The van der Waals surface area contributed by atoms with Crippen LogP contribution in [0.5, 0.6) is 0 Å². The van der Waals surface area contributed by atoms with Gasteiger partial charge in [0.15, 0.2) is 5.13 Å². The number of amides is 1. The molecule has 2 aromatic heterocycles. The molecule has 0 radical (unpaired) electrons. The summed E-state index contributed by atoms with van der Waals surface area (Å²) >= 11 is 2.32. The summed E-state index contributed by atoms with van der Waals surface area (Å²) in [5.41, 5.74) is 4.95. The highest BCUT2D eigenvalue weighted by Crippen LogP contribution is 2.27. The van der Waals surface area contributed by atoms with Crippen molar-refractivity contribution in [1.29, 1.82) is 0 Å². The van der Waals surface area contributed by atoms with Crippen LogP contribution in [0.25, 0.3) is 11.3 Å². The standard InChI is InChI=1S/C17H17N3O2S2/c1-9-5-6-12(7-10(9)2)13-8-23-16(18-13)19-15(21)14-11(3)20(4)17(22)24-14/h5-8H,1-4H3,(H,18,19,21). The second kappa shape index (κ2) is 6.33. The van der Waals surface area contributed by atoms with E-state index >= 15 is 0 Å². The number of anilines is 1. The van der Waals surface area contributed by atoms with Crippen LogP contribution in [0.15, 0.2) is 28.4 Å². The molecule has 1 amide bonds. The minimum absolute atomic E-state index is 0.146. The van der Waals surface area contributed by atoms with Crippen LogP contribution >= 0.6 is 22.7 Å². The lowest BCUT2D eigenvalue weighted by Gasteiger charge is -2.03. The van der Waals surface area contributed by atoms with Gasteiger partial charge in [0, 0.05) is 23.7 Å². The van der Waals surface area contributed by atoms with Gasteiger partial charge in [-0.3, -0.25) is 14.9 Å². The first-order valence-corrected chi connectivity index (χ1v) is 9.07. The van der Waals surface area contributed by atoms with E-state index in [0.29, 0.717) is 15.7 Å². The molecule has 0 aliphatic carbocycles. The Hall–Kier alpha value is -2.25. The molecule has 0 bridgehead atoms. The van der Waals surface area contributed by atoms with Gasteiger partial charge in [-0.1, -0.05) is 23.5 Å². The Balaban J connectivity index is 1.83. The van der Waals surface area contributed by atoms with Gasteiger partial charge in [-0.2, -0.15) is 0 Å². The molecular formula is C17H17N3O2S2. The molecule has 1 aromatic carbocycles. The summed E-state index contributed by atoms with van der Waals surface area (Å²) in [5.74, 6) is -0.295. The van der Waals surface area contributed by atoms with Crippen molar-refractivity contribution in [2.75, 3.05) is 5.32 Å². The van der Waals surface area contributed by atoms with Crippen LogP contribution in [0.2, 0.25) is 0 Å². The smallest absolute Gasteiger partial charge is 0.306 e. The molecule has 2 heterocycles. The molecule has 24 heavy (non-hydrogen) atoms. The fourth-order valence-corrected chi connectivity index (χ4v) is 3.84. The maximum Gasteiger partial charge on any atom is 0.307 e. The topological polar surface area (TPSA) is 64.0 Å². The van der Waals surface area contributed by atoms with Crippen LogP contribution in [0.1, 0.15) is 26.5 Å². The average Bonchev–Trinajstić information content (AvgIpc) is 3.10. The largest absolute Gasteiger partial charge is 0.307 e. The molecule has 0 fully saturated rings. The number of hydrogen-bond acceptors (Lipinski definition) is 5. The Bertz CT molecular complexity index is 982. The van der Waals surface area contributed by atoms with Crippen LogP contribution < -0.4 is 10.2 Å². The van der Waals surface area contributed by atoms with E-state index < -0.39 is 0 Å². The number of nitrogens with one attached hydrogen (secondary N) is 1. The monoisotopic (exact) mass is 359 g/mol. The average molecular weight is 359 g/mol. The van der Waals surface area contributed by atoms with E-state index in [9.17, 15) is 9.59 Å². The zero-order valence-corrected chi connectivity index (χ0v) is 15.5. The van der Waals surface area contributed by atoms with Crippen LogP contribution in [-0.4, -0.2) is 15.5 Å². The van der Waals surface area contributed by atoms with Gasteiger partial charge < -0.3 is 4.57 Å². The summed E-state index contributed by atoms with van der Waals surface area (Å²) < 4.78 is 1.47. The van der Waals surface area contributed by atoms with E-state index in [2.05, 4.69) is 36.3 Å².